The van der Waals surface area contributed by atoms with Gasteiger partial charge in [-0.3, -0.25) is 15.0 Å². The molecule has 9 aromatic carbocycles. The smallest absolute Gasteiger partial charge is 0.227 e. The Morgan fingerprint density at radius 3 is 1.18 bits per heavy atom. The van der Waals surface area contributed by atoms with Crippen molar-refractivity contribution in [2.45, 2.75) is 6.85 Å². The molecule has 0 aliphatic carbocycles. The summed E-state index contributed by atoms with van der Waals surface area (Å²) in [7, 11) is 0. The van der Waals surface area contributed by atoms with Gasteiger partial charge in [0.2, 0.25) is 5.71 Å². The molecule has 0 fully saturated rings. The molecule has 0 aliphatic heterocycles. The molecule has 0 radical (unpaired) electrons. The van der Waals surface area contributed by atoms with Gasteiger partial charge < -0.3 is 4.42 Å². The maximum Gasteiger partial charge on any atom is 0.227 e. The van der Waals surface area contributed by atoms with E-state index in [1.54, 1.807) is 12.1 Å². The van der Waals surface area contributed by atoms with E-state index in [2.05, 4.69) is 223 Å². The Morgan fingerprint density at radius 1 is 0.275 bits per heavy atom. The van der Waals surface area contributed by atoms with E-state index in [-0.39, 0.29) is 11.4 Å². The van der Waals surface area contributed by atoms with Crippen molar-refractivity contribution in [3.8, 4) is 123 Å². The number of aromatic nitrogens is 4. The lowest BCUT2D eigenvalue weighted by Gasteiger charge is -2.20. The predicted molar refractivity (Wildman–Crippen MR) is 329 cm³/mol. The number of para-hydroxylation sites is 1. The molecule has 0 amide bonds. The number of hydrogen-bond donors (Lipinski definition) is 0. The minimum Gasteiger partial charge on any atom is -0.437 e. The molecule has 0 atom stereocenters. The van der Waals surface area contributed by atoms with Crippen LogP contribution in [0.25, 0.3) is 145 Å². The molecule has 0 aliphatic rings. The summed E-state index contributed by atoms with van der Waals surface area (Å²) < 4.78 is 30.2. The Balaban J connectivity index is 0.944. The van der Waals surface area contributed by atoms with Crippen molar-refractivity contribution in [3.63, 3.8) is 0 Å². The monoisotopic (exact) mass is 1030 g/mol. The summed E-state index contributed by atoms with van der Waals surface area (Å²) >= 11 is 0. The Labute approximate surface area is 469 Å². The molecule has 14 rings (SSSR count). The Morgan fingerprint density at radius 2 is 0.700 bits per heavy atom. The molecule has 376 valence electrons. The fourth-order valence-electron chi connectivity index (χ4n) is 11.2. The van der Waals surface area contributed by atoms with Crippen LogP contribution in [0.3, 0.4) is 0 Å². The average molecular weight is 1030 g/mol. The van der Waals surface area contributed by atoms with Crippen molar-refractivity contribution in [2.24, 2.45) is 0 Å². The standard InChI is InChI=1S/C75H50N4O/c1-49-37-39-65-64-35-20-36-66(74(64)80-75(65)79-49)71-40-38-54(46-76-71)58-29-14-15-30-59(58)55-41-56(60-31-16-18-33-62(60)69-47-77-72(52-25-10-4-11-26-52)44-67(69)50-21-6-2-7-22-50)43-57(42-55)61-32-17-19-34-63(61)70-48-78-73(53-27-12-5-13-28-53)45-68(70)51-23-8-3-9-24-51/h2-48H,1H3/i1D3. The van der Waals surface area contributed by atoms with Gasteiger partial charge in [0.05, 0.1) is 17.1 Å². The van der Waals surface area contributed by atoms with E-state index in [1.165, 1.54) is 0 Å². The Hall–Kier alpha value is -10.6. The van der Waals surface area contributed by atoms with Crippen LogP contribution < -0.4 is 0 Å². The van der Waals surface area contributed by atoms with Crippen LogP contribution in [0.2, 0.25) is 0 Å². The zero-order valence-corrected chi connectivity index (χ0v) is 43.3. The summed E-state index contributed by atoms with van der Waals surface area (Å²) in [5.41, 5.74) is 23.0. The van der Waals surface area contributed by atoms with Gasteiger partial charge in [-0.15, -0.1) is 0 Å². The molecule has 5 nitrogen and oxygen atoms in total. The van der Waals surface area contributed by atoms with Crippen LogP contribution in [-0.2, 0) is 0 Å². The fourth-order valence-corrected chi connectivity index (χ4v) is 11.2. The van der Waals surface area contributed by atoms with Crippen LogP contribution in [0, 0.1) is 6.85 Å². The summed E-state index contributed by atoms with van der Waals surface area (Å²) in [5.74, 6) is 0. The van der Waals surface area contributed by atoms with E-state index < -0.39 is 6.85 Å². The van der Waals surface area contributed by atoms with Gasteiger partial charge in [-0.05, 0) is 134 Å². The van der Waals surface area contributed by atoms with Gasteiger partial charge in [0.25, 0.3) is 0 Å². The number of furan rings is 1. The number of aryl methyl sites for hydroxylation is 1. The van der Waals surface area contributed by atoms with Crippen molar-refractivity contribution in [1.82, 2.24) is 19.9 Å². The lowest BCUT2D eigenvalue weighted by molar-refractivity contribution is 0.653. The lowest BCUT2D eigenvalue weighted by Crippen LogP contribution is -1.95. The molecule has 0 bridgehead atoms. The third-order valence-corrected chi connectivity index (χ3v) is 15.1. The van der Waals surface area contributed by atoms with Crippen molar-refractivity contribution in [2.75, 3.05) is 0 Å². The van der Waals surface area contributed by atoms with Crippen LogP contribution in [0.15, 0.2) is 290 Å². The quantitative estimate of drug-likeness (QED) is 0.129. The van der Waals surface area contributed by atoms with Crippen LogP contribution in [-0.4, -0.2) is 19.9 Å². The third kappa shape index (κ3) is 9.02. The highest BCUT2D eigenvalue weighted by Crippen LogP contribution is 2.46. The first-order chi connectivity index (χ1) is 40.8. The second kappa shape index (κ2) is 20.7. The maximum absolute atomic E-state index is 7.94. The molecule has 0 saturated carbocycles. The molecule has 5 heterocycles. The summed E-state index contributed by atoms with van der Waals surface area (Å²) in [4.78, 5) is 19.8. The van der Waals surface area contributed by atoms with E-state index >= 15 is 0 Å². The average Bonchev–Trinajstić information content (AvgIpc) is 4.20. The van der Waals surface area contributed by atoms with Gasteiger partial charge in [0.1, 0.15) is 5.58 Å². The molecule has 0 saturated heterocycles. The Bertz CT molecular complexity index is 4510. The Kier molecular flexibility index (Phi) is 11.5. The van der Waals surface area contributed by atoms with E-state index in [9.17, 15) is 0 Å². The maximum atomic E-state index is 7.94. The number of pyridine rings is 4. The van der Waals surface area contributed by atoms with Gasteiger partial charge in [0.15, 0.2) is 0 Å². The van der Waals surface area contributed by atoms with Gasteiger partial charge >= 0.3 is 0 Å². The normalized spacial score (nSPS) is 12.0. The molecule has 0 unspecified atom stereocenters. The van der Waals surface area contributed by atoms with Crippen molar-refractivity contribution in [3.05, 3.63) is 291 Å². The van der Waals surface area contributed by atoms with Crippen LogP contribution in [0.1, 0.15) is 9.81 Å². The van der Waals surface area contributed by atoms with Gasteiger partial charge in [0, 0.05) is 72.5 Å². The first-order valence-corrected chi connectivity index (χ1v) is 26.7. The van der Waals surface area contributed by atoms with Crippen LogP contribution in [0.4, 0.5) is 0 Å². The molecular formula is C75H50N4O. The van der Waals surface area contributed by atoms with E-state index in [1.807, 2.05) is 55.0 Å². The highest BCUT2D eigenvalue weighted by Gasteiger charge is 2.21. The lowest BCUT2D eigenvalue weighted by atomic mass is 9.85. The summed E-state index contributed by atoms with van der Waals surface area (Å²) in [6, 6.07) is 92.5. The van der Waals surface area contributed by atoms with E-state index in [0.717, 1.165) is 128 Å². The van der Waals surface area contributed by atoms with Crippen LogP contribution in [0.5, 0.6) is 0 Å². The second-order valence-corrected chi connectivity index (χ2v) is 19.9. The first kappa shape index (κ1) is 44.5. The highest BCUT2D eigenvalue weighted by atomic mass is 16.3. The van der Waals surface area contributed by atoms with Crippen molar-refractivity contribution < 1.29 is 8.53 Å². The van der Waals surface area contributed by atoms with E-state index in [0.29, 0.717) is 11.3 Å². The summed E-state index contributed by atoms with van der Waals surface area (Å²) in [5, 5.41) is 1.58. The van der Waals surface area contributed by atoms with Crippen molar-refractivity contribution >= 4 is 22.1 Å². The number of hydrogen-bond acceptors (Lipinski definition) is 5. The van der Waals surface area contributed by atoms with Gasteiger partial charge in [-0.25, -0.2) is 4.98 Å². The molecule has 0 N–H and O–H groups in total. The molecule has 80 heavy (non-hydrogen) atoms. The number of fused-ring (bicyclic) bond motifs is 3. The summed E-state index contributed by atoms with van der Waals surface area (Å²) in [6.45, 7) is -2.36. The zero-order valence-electron chi connectivity index (χ0n) is 46.3. The van der Waals surface area contributed by atoms with E-state index in [4.69, 9.17) is 23.5 Å². The zero-order chi connectivity index (χ0) is 55.9. The molecule has 14 aromatic rings. The fraction of sp³-hybridized carbons (Fsp3) is 0.0133. The SMILES string of the molecule is [2H]C([2H])([2H])c1ccc2c(n1)oc1c(-c3ccc(-c4ccccc4-c4cc(-c5ccccc5-c5cnc(-c6ccccc6)cc5-c5ccccc5)cc(-c5ccccc5-c5cnc(-c6ccccc6)cc5-c5ccccc5)c4)cn3)cccc12. The number of benzene rings is 9. The topological polar surface area (TPSA) is 64.7 Å². The summed E-state index contributed by atoms with van der Waals surface area (Å²) in [6.07, 6.45) is 5.99. The highest BCUT2D eigenvalue weighted by molar-refractivity contribution is 6.08. The van der Waals surface area contributed by atoms with Gasteiger partial charge in [-0.2, -0.15) is 0 Å². The predicted octanol–water partition coefficient (Wildman–Crippen LogP) is 19.8. The van der Waals surface area contributed by atoms with Crippen molar-refractivity contribution in [1.29, 1.82) is 0 Å². The van der Waals surface area contributed by atoms with Gasteiger partial charge in [-0.1, -0.05) is 212 Å². The molecule has 0 spiro atoms. The van der Waals surface area contributed by atoms with Crippen LogP contribution >= 0.6 is 0 Å². The second-order valence-electron chi connectivity index (χ2n) is 19.9. The molecule has 5 heteroatoms. The minimum absolute atomic E-state index is 0.00975. The third-order valence-electron chi connectivity index (χ3n) is 15.1. The number of nitrogens with zero attached hydrogens (tertiary/aromatic N) is 4. The largest absolute Gasteiger partial charge is 0.437 e. The molecule has 5 aromatic heterocycles. The number of rotatable bonds is 11. The first-order valence-electron chi connectivity index (χ1n) is 28.2. The minimum atomic E-state index is -2.36. The molecular weight excluding hydrogens is 973 g/mol.